The number of hydrogen-bond acceptors (Lipinski definition) is 4. The highest BCUT2D eigenvalue weighted by Crippen LogP contribution is 2.50. The second-order valence-corrected chi connectivity index (χ2v) is 8.12. The third-order valence-electron chi connectivity index (χ3n) is 5.27. The molecule has 0 spiro atoms. The van der Waals surface area contributed by atoms with E-state index in [1.807, 2.05) is 0 Å². The molecule has 33 heavy (non-hydrogen) atoms. The van der Waals surface area contributed by atoms with E-state index in [-0.39, 0.29) is 27.9 Å². The van der Waals surface area contributed by atoms with Gasteiger partial charge in [0.25, 0.3) is 0 Å². The van der Waals surface area contributed by atoms with Crippen molar-refractivity contribution in [2.45, 2.75) is 31.2 Å². The van der Waals surface area contributed by atoms with Crippen molar-refractivity contribution in [2.24, 2.45) is 0 Å². The predicted molar refractivity (Wildman–Crippen MR) is 117 cm³/mol. The topological polar surface area (TPSA) is 79.7 Å². The second-order valence-electron chi connectivity index (χ2n) is 7.33. The van der Waals surface area contributed by atoms with Gasteiger partial charge in [0.05, 0.1) is 5.56 Å². The number of ether oxygens (including phenoxy) is 1. The monoisotopic (exact) mass is 499 g/mol. The van der Waals surface area contributed by atoms with E-state index >= 15 is 0 Å². The van der Waals surface area contributed by atoms with Gasteiger partial charge in [0.1, 0.15) is 17.5 Å². The number of nitrogens with zero attached hydrogens (tertiary/aromatic N) is 1. The minimum atomic E-state index is -5.03. The molecule has 3 aromatic rings. The van der Waals surface area contributed by atoms with E-state index < -0.39 is 29.2 Å². The van der Waals surface area contributed by atoms with Gasteiger partial charge in [-0.1, -0.05) is 48.3 Å². The number of aromatic nitrogens is 1. The average Bonchev–Trinajstić information content (AvgIpc) is 2.76. The molecule has 1 aromatic heterocycles. The summed E-state index contributed by atoms with van der Waals surface area (Å²) in [6.07, 6.45) is -3.94. The van der Waals surface area contributed by atoms with E-state index in [0.29, 0.717) is 11.3 Å². The summed E-state index contributed by atoms with van der Waals surface area (Å²) >= 11 is 12.0. The van der Waals surface area contributed by atoms with Gasteiger partial charge in [-0.3, -0.25) is 0 Å². The number of rotatable bonds is 7. The first-order valence-electron chi connectivity index (χ1n) is 9.59. The summed E-state index contributed by atoms with van der Waals surface area (Å²) in [6, 6.07) is 12.2. The molecule has 0 amide bonds. The summed E-state index contributed by atoms with van der Waals surface area (Å²) in [5.41, 5.74) is -2.84. The van der Waals surface area contributed by atoms with Crippen molar-refractivity contribution < 1.29 is 32.9 Å². The Kier molecular flexibility index (Phi) is 7.21. The maximum Gasteiger partial charge on any atom is 0.422 e. The molecule has 2 aromatic carbocycles. The van der Waals surface area contributed by atoms with Crippen LogP contribution in [0.5, 0.6) is 5.75 Å². The van der Waals surface area contributed by atoms with Crippen LogP contribution < -0.4 is 4.74 Å². The molecule has 0 aliphatic heterocycles. The van der Waals surface area contributed by atoms with Gasteiger partial charge in [-0.25, -0.2) is 9.78 Å². The number of benzene rings is 2. The molecule has 174 valence electrons. The zero-order valence-corrected chi connectivity index (χ0v) is 18.6. The van der Waals surface area contributed by atoms with Crippen LogP contribution in [-0.2, 0) is 12.2 Å². The zero-order valence-electron chi connectivity index (χ0n) is 17.1. The smallest absolute Gasteiger partial charge is 0.422 e. The predicted octanol–water partition coefficient (Wildman–Crippen LogP) is 6.22. The van der Waals surface area contributed by atoms with Crippen molar-refractivity contribution >= 4 is 29.2 Å². The van der Waals surface area contributed by atoms with Crippen LogP contribution in [0.25, 0.3) is 0 Å². The SMILES string of the molecule is C[C@H](c1ccc(OCc2ccc(C(=O)O)cc2)cc1Cl)[C@@](O)(c1ccnc(Cl)c1)C(F)(F)F. The molecule has 0 aliphatic rings. The van der Waals surface area contributed by atoms with Crippen LogP contribution >= 0.6 is 23.2 Å². The highest BCUT2D eigenvalue weighted by atomic mass is 35.5. The van der Waals surface area contributed by atoms with Crippen molar-refractivity contribution in [1.82, 2.24) is 4.98 Å². The minimum absolute atomic E-state index is 0.0240. The third kappa shape index (κ3) is 5.24. The molecular weight excluding hydrogens is 482 g/mol. The molecule has 0 fully saturated rings. The van der Waals surface area contributed by atoms with Gasteiger partial charge in [0, 0.05) is 17.1 Å². The summed E-state index contributed by atoms with van der Waals surface area (Å²) in [7, 11) is 0. The van der Waals surface area contributed by atoms with Gasteiger partial charge in [-0.05, 0) is 53.1 Å². The van der Waals surface area contributed by atoms with Crippen LogP contribution in [0, 0.1) is 0 Å². The largest absolute Gasteiger partial charge is 0.489 e. The minimum Gasteiger partial charge on any atom is -0.489 e. The fourth-order valence-electron chi connectivity index (χ4n) is 3.38. The van der Waals surface area contributed by atoms with Crippen molar-refractivity contribution in [3.8, 4) is 5.75 Å². The van der Waals surface area contributed by atoms with Crippen LogP contribution in [0.3, 0.4) is 0 Å². The lowest BCUT2D eigenvalue weighted by atomic mass is 9.78. The average molecular weight is 500 g/mol. The molecule has 3 rings (SSSR count). The van der Waals surface area contributed by atoms with Crippen LogP contribution in [-0.4, -0.2) is 27.3 Å². The number of carbonyl (C=O) groups is 1. The maximum absolute atomic E-state index is 14.0. The van der Waals surface area contributed by atoms with Crippen molar-refractivity contribution in [3.63, 3.8) is 0 Å². The first-order chi connectivity index (χ1) is 15.4. The van der Waals surface area contributed by atoms with Crippen LogP contribution in [0.4, 0.5) is 13.2 Å². The highest BCUT2D eigenvalue weighted by Gasteiger charge is 2.59. The fraction of sp³-hybridized carbons (Fsp3) is 0.217. The lowest BCUT2D eigenvalue weighted by molar-refractivity contribution is -0.274. The fourth-order valence-corrected chi connectivity index (χ4v) is 3.89. The molecule has 0 unspecified atom stereocenters. The number of aliphatic hydroxyl groups is 1. The first kappa shape index (κ1) is 24.8. The van der Waals surface area contributed by atoms with Gasteiger partial charge in [-0.15, -0.1) is 0 Å². The second kappa shape index (κ2) is 9.59. The van der Waals surface area contributed by atoms with Crippen molar-refractivity contribution in [2.75, 3.05) is 0 Å². The number of aromatic carboxylic acids is 1. The number of hydrogen-bond donors (Lipinski definition) is 2. The van der Waals surface area contributed by atoms with Crippen LogP contribution in [0.2, 0.25) is 10.2 Å². The molecule has 5 nitrogen and oxygen atoms in total. The summed E-state index contributed by atoms with van der Waals surface area (Å²) in [5.74, 6) is -2.24. The van der Waals surface area contributed by atoms with Gasteiger partial charge < -0.3 is 14.9 Å². The van der Waals surface area contributed by atoms with Crippen molar-refractivity contribution in [3.05, 3.63) is 93.2 Å². The van der Waals surface area contributed by atoms with Crippen LogP contribution in [0.1, 0.15) is 39.9 Å². The quantitative estimate of drug-likeness (QED) is 0.377. The summed E-state index contributed by atoms with van der Waals surface area (Å²) < 4.78 is 47.7. The molecule has 10 heteroatoms. The standard InChI is InChI=1S/C23H18Cl2F3NO4/c1-13(22(32,23(26,27)28)16-8-9-29-20(25)10-16)18-7-6-17(11-19(18)24)33-12-14-2-4-15(5-3-14)21(30)31/h2-11,13,32H,12H2,1H3,(H,30,31)/t13-,22-/m1/s1. The number of halogens is 5. The first-order valence-corrected chi connectivity index (χ1v) is 10.3. The highest BCUT2D eigenvalue weighted by molar-refractivity contribution is 6.31. The zero-order chi connectivity index (χ0) is 24.4. The lowest BCUT2D eigenvalue weighted by Crippen LogP contribution is -2.46. The van der Waals surface area contributed by atoms with Gasteiger partial charge in [0.15, 0.2) is 5.60 Å². The lowest BCUT2D eigenvalue weighted by Gasteiger charge is -2.37. The van der Waals surface area contributed by atoms with Gasteiger partial charge >= 0.3 is 12.1 Å². The Hall–Kier alpha value is -2.81. The number of alkyl halides is 3. The molecule has 0 aliphatic carbocycles. The van der Waals surface area contributed by atoms with Gasteiger partial charge in [-0.2, -0.15) is 13.2 Å². The van der Waals surface area contributed by atoms with E-state index in [2.05, 4.69) is 4.98 Å². The Morgan fingerprint density at radius 3 is 2.30 bits per heavy atom. The molecule has 0 saturated heterocycles. The molecule has 0 saturated carbocycles. The normalized spacial score (nSPS) is 14.4. The van der Waals surface area contributed by atoms with E-state index in [9.17, 15) is 23.1 Å². The molecule has 2 N–H and O–H groups in total. The molecule has 0 bridgehead atoms. The van der Waals surface area contributed by atoms with Crippen LogP contribution in [0.15, 0.2) is 60.8 Å². The number of carboxylic acids is 1. The Labute approximate surface area is 197 Å². The maximum atomic E-state index is 14.0. The summed E-state index contributed by atoms with van der Waals surface area (Å²) in [6.45, 7) is 1.31. The molecular formula is C23H18Cl2F3NO4. The summed E-state index contributed by atoms with van der Waals surface area (Å²) in [5, 5.41) is 19.6. The Balaban J connectivity index is 1.84. The Morgan fingerprint density at radius 1 is 1.09 bits per heavy atom. The van der Waals surface area contributed by atoms with E-state index in [1.165, 1.54) is 37.3 Å². The number of carboxylic acid groups (broad SMARTS) is 1. The Bertz CT molecular complexity index is 1160. The molecule has 2 atom stereocenters. The third-order valence-corrected chi connectivity index (χ3v) is 5.80. The van der Waals surface area contributed by atoms with Gasteiger partial charge in [0.2, 0.25) is 0 Å². The molecule has 0 radical (unpaired) electrons. The van der Waals surface area contributed by atoms with E-state index in [0.717, 1.165) is 18.3 Å². The number of pyridine rings is 1. The Morgan fingerprint density at radius 2 is 1.76 bits per heavy atom. The summed E-state index contributed by atoms with van der Waals surface area (Å²) in [4.78, 5) is 14.6. The molecule has 1 heterocycles. The van der Waals surface area contributed by atoms with E-state index in [4.69, 9.17) is 33.0 Å². The van der Waals surface area contributed by atoms with E-state index in [1.54, 1.807) is 12.1 Å². The van der Waals surface area contributed by atoms with Crippen molar-refractivity contribution in [1.29, 1.82) is 0 Å².